The van der Waals surface area contributed by atoms with Gasteiger partial charge in [0.2, 0.25) is 0 Å². The summed E-state index contributed by atoms with van der Waals surface area (Å²) < 4.78 is 5.74. The van der Waals surface area contributed by atoms with Crippen LogP contribution in [0.3, 0.4) is 0 Å². The van der Waals surface area contributed by atoms with Gasteiger partial charge in [-0.25, -0.2) is 0 Å². The maximum atomic E-state index is 5.78. The van der Waals surface area contributed by atoms with Crippen molar-refractivity contribution in [2.24, 2.45) is 11.1 Å². The average molecular weight is 238 g/mol. The molecule has 2 N–H and O–H groups in total. The van der Waals surface area contributed by atoms with Gasteiger partial charge in [-0.2, -0.15) is 0 Å². The van der Waals surface area contributed by atoms with Gasteiger partial charge in [-0.05, 0) is 30.6 Å². The lowest BCUT2D eigenvalue weighted by atomic mass is 9.93. The minimum atomic E-state index is 0.163. The molecule has 0 aliphatic heterocycles. The summed E-state index contributed by atoms with van der Waals surface area (Å²) in [4.78, 5) is 2.38. The molecule has 17 heavy (non-hydrogen) atoms. The third kappa shape index (κ3) is 4.52. The molecule has 98 valence electrons. The zero-order valence-electron chi connectivity index (χ0n) is 11.6. The Kier molecular flexibility index (Phi) is 5.22. The van der Waals surface area contributed by atoms with Crippen molar-refractivity contribution in [3.8, 4) is 0 Å². The smallest absolute Gasteiger partial charge is 0.118 e. The van der Waals surface area contributed by atoms with Crippen LogP contribution >= 0.6 is 0 Å². The molecule has 0 atom stereocenters. The lowest BCUT2D eigenvalue weighted by Crippen LogP contribution is -2.38. The highest BCUT2D eigenvalue weighted by Gasteiger charge is 2.20. The monoisotopic (exact) mass is 238 g/mol. The van der Waals surface area contributed by atoms with Gasteiger partial charge in [0, 0.05) is 13.0 Å². The van der Waals surface area contributed by atoms with Crippen molar-refractivity contribution in [2.45, 2.75) is 40.7 Å². The van der Waals surface area contributed by atoms with Gasteiger partial charge in [-0.1, -0.05) is 27.7 Å². The van der Waals surface area contributed by atoms with Crippen LogP contribution in [-0.2, 0) is 13.0 Å². The van der Waals surface area contributed by atoms with E-state index in [0.717, 1.165) is 37.6 Å². The molecule has 3 heteroatoms. The lowest BCUT2D eigenvalue weighted by molar-refractivity contribution is 0.172. The first-order valence-electron chi connectivity index (χ1n) is 6.50. The van der Waals surface area contributed by atoms with Gasteiger partial charge in [0.25, 0.3) is 0 Å². The van der Waals surface area contributed by atoms with Crippen molar-refractivity contribution in [2.75, 3.05) is 19.6 Å². The molecular weight excluding hydrogens is 212 g/mol. The molecule has 3 nitrogen and oxygen atoms in total. The number of nitrogens with zero attached hydrogens (tertiary/aromatic N) is 1. The molecule has 0 unspecified atom stereocenters. The summed E-state index contributed by atoms with van der Waals surface area (Å²) in [6.07, 6.45) is 0.959. The maximum Gasteiger partial charge on any atom is 0.118 e. The van der Waals surface area contributed by atoms with E-state index in [1.54, 1.807) is 0 Å². The van der Waals surface area contributed by atoms with Gasteiger partial charge in [0.1, 0.15) is 11.5 Å². The van der Waals surface area contributed by atoms with Crippen LogP contribution in [0.2, 0.25) is 0 Å². The van der Waals surface area contributed by atoms with Gasteiger partial charge in [0.15, 0.2) is 0 Å². The van der Waals surface area contributed by atoms with Crippen LogP contribution < -0.4 is 5.73 Å². The maximum absolute atomic E-state index is 5.78. The Morgan fingerprint density at radius 2 is 1.88 bits per heavy atom. The second-order valence-electron chi connectivity index (χ2n) is 5.39. The summed E-state index contributed by atoms with van der Waals surface area (Å²) in [5, 5.41) is 0. The average Bonchev–Trinajstić information content (AvgIpc) is 2.75. The molecule has 0 bridgehead atoms. The number of furan rings is 1. The Morgan fingerprint density at radius 1 is 1.24 bits per heavy atom. The minimum absolute atomic E-state index is 0.163. The van der Waals surface area contributed by atoms with Crippen molar-refractivity contribution in [3.05, 3.63) is 23.7 Å². The third-order valence-electron chi connectivity index (χ3n) is 3.10. The Balaban J connectivity index is 2.57. The fourth-order valence-electron chi connectivity index (χ4n) is 1.87. The van der Waals surface area contributed by atoms with Crippen LogP contribution in [-0.4, -0.2) is 24.5 Å². The van der Waals surface area contributed by atoms with Crippen molar-refractivity contribution in [3.63, 3.8) is 0 Å². The van der Waals surface area contributed by atoms with E-state index in [-0.39, 0.29) is 5.41 Å². The topological polar surface area (TPSA) is 42.4 Å². The third-order valence-corrected chi connectivity index (χ3v) is 3.10. The molecule has 0 aliphatic carbocycles. The summed E-state index contributed by atoms with van der Waals surface area (Å²) in [5.41, 5.74) is 5.94. The fourth-order valence-corrected chi connectivity index (χ4v) is 1.87. The van der Waals surface area contributed by atoms with Gasteiger partial charge in [0.05, 0.1) is 6.54 Å². The van der Waals surface area contributed by atoms with E-state index in [1.807, 2.05) is 0 Å². The highest BCUT2D eigenvalue weighted by atomic mass is 16.3. The van der Waals surface area contributed by atoms with Crippen LogP contribution in [0.5, 0.6) is 0 Å². The Labute approximate surface area is 105 Å². The van der Waals surface area contributed by atoms with Crippen LogP contribution in [0.25, 0.3) is 0 Å². The van der Waals surface area contributed by atoms with Crippen LogP contribution in [0.15, 0.2) is 16.5 Å². The summed E-state index contributed by atoms with van der Waals surface area (Å²) in [7, 11) is 0. The molecule has 0 saturated heterocycles. The van der Waals surface area contributed by atoms with Crippen molar-refractivity contribution >= 4 is 0 Å². The molecule has 0 radical (unpaired) electrons. The second kappa shape index (κ2) is 6.22. The molecule has 1 heterocycles. The largest absolute Gasteiger partial charge is 0.465 e. The van der Waals surface area contributed by atoms with Crippen LogP contribution in [0.1, 0.15) is 39.2 Å². The zero-order chi connectivity index (χ0) is 12.9. The number of nitrogens with two attached hydrogens (primary N) is 1. The summed E-state index contributed by atoms with van der Waals surface area (Å²) in [5.74, 6) is 2.12. The molecule has 1 aromatic heterocycles. The van der Waals surface area contributed by atoms with Gasteiger partial charge < -0.3 is 10.2 Å². The molecule has 0 aliphatic rings. The molecular formula is C14H26N2O. The summed E-state index contributed by atoms with van der Waals surface area (Å²) in [6.45, 7) is 12.3. The van der Waals surface area contributed by atoms with E-state index in [4.69, 9.17) is 10.2 Å². The quantitative estimate of drug-likeness (QED) is 0.794. The zero-order valence-corrected chi connectivity index (χ0v) is 11.6. The Morgan fingerprint density at radius 3 is 2.35 bits per heavy atom. The highest BCUT2D eigenvalue weighted by Crippen LogP contribution is 2.17. The predicted octanol–water partition coefficient (Wildman–Crippen LogP) is 2.65. The fraction of sp³-hybridized carbons (Fsp3) is 0.714. The predicted molar refractivity (Wildman–Crippen MR) is 71.9 cm³/mol. The van der Waals surface area contributed by atoms with E-state index < -0.39 is 0 Å². The first-order chi connectivity index (χ1) is 8.00. The normalized spacial score (nSPS) is 12.4. The van der Waals surface area contributed by atoms with Gasteiger partial charge in [-0.15, -0.1) is 0 Å². The second-order valence-corrected chi connectivity index (χ2v) is 5.39. The summed E-state index contributed by atoms with van der Waals surface area (Å²) >= 11 is 0. The van der Waals surface area contributed by atoms with E-state index in [2.05, 4.69) is 44.7 Å². The number of hydrogen-bond donors (Lipinski definition) is 1. The van der Waals surface area contributed by atoms with E-state index in [9.17, 15) is 0 Å². The van der Waals surface area contributed by atoms with E-state index >= 15 is 0 Å². The lowest BCUT2D eigenvalue weighted by Gasteiger charge is -2.30. The van der Waals surface area contributed by atoms with Crippen molar-refractivity contribution in [1.82, 2.24) is 4.90 Å². The molecule has 0 saturated carbocycles. The molecule has 1 rings (SSSR count). The van der Waals surface area contributed by atoms with Gasteiger partial charge in [-0.3, -0.25) is 4.90 Å². The van der Waals surface area contributed by atoms with Crippen molar-refractivity contribution in [1.29, 1.82) is 0 Å². The van der Waals surface area contributed by atoms with Gasteiger partial charge >= 0.3 is 0 Å². The molecule has 0 amide bonds. The SMILES string of the molecule is CCc1ccc(CN(CC)CC(C)(C)CN)o1. The summed E-state index contributed by atoms with van der Waals surface area (Å²) in [6, 6.07) is 4.15. The Bertz CT molecular complexity index is 331. The van der Waals surface area contributed by atoms with Crippen LogP contribution in [0.4, 0.5) is 0 Å². The van der Waals surface area contributed by atoms with Crippen LogP contribution in [0, 0.1) is 5.41 Å². The molecule has 0 spiro atoms. The highest BCUT2D eigenvalue weighted by molar-refractivity contribution is 5.07. The standard InChI is InChI=1S/C14H26N2O/c1-5-12-7-8-13(17-12)9-16(6-2)11-14(3,4)10-15/h7-8H,5-6,9-11,15H2,1-4H3. The molecule has 0 aromatic carbocycles. The molecule has 1 aromatic rings. The first-order valence-corrected chi connectivity index (χ1v) is 6.50. The number of rotatable bonds is 7. The Hall–Kier alpha value is -0.800. The molecule has 0 fully saturated rings. The van der Waals surface area contributed by atoms with E-state index in [1.165, 1.54) is 0 Å². The van der Waals surface area contributed by atoms with E-state index in [0.29, 0.717) is 6.54 Å². The van der Waals surface area contributed by atoms with Crippen molar-refractivity contribution < 1.29 is 4.42 Å². The number of aryl methyl sites for hydroxylation is 1. The minimum Gasteiger partial charge on any atom is -0.465 e. The first kappa shape index (κ1) is 14.3. The number of hydrogen-bond acceptors (Lipinski definition) is 3.